The van der Waals surface area contributed by atoms with Crippen molar-refractivity contribution in [2.75, 3.05) is 19.7 Å². The molecule has 1 aliphatic rings. The first kappa shape index (κ1) is 22.3. The first-order valence-corrected chi connectivity index (χ1v) is 11.2. The highest BCUT2D eigenvalue weighted by atomic mass is 35.5. The smallest absolute Gasteiger partial charge is 0.333 e. The number of halogens is 1. The lowest BCUT2D eigenvalue weighted by molar-refractivity contribution is -0.136. The van der Waals surface area contributed by atoms with Gasteiger partial charge in [0.15, 0.2) is 0 Å². The molecule has 0 bridgehead atoms. The minimum atomic E-state index is -0.537. The Kier molecular flexibility index (Phi) is 7.50. The maximum Gasteiger partial charge on any atom is 0.333 e. The lowest BCUT2D eigenvalue weighted by Gasteiger charge is -2.31. The summed E-state index contributed by atoms with van der Waals surface area (Å²) < 4.78 is 7.20. The molecule has 1 unspecified atom stereocenters. The van der Waals surface area contributed by atoms with Crippen molar-refractivity contribution in [1.29, 1.82) is 0 Å². The van der Waals surface area contributed by atoms with Crippen LogP contribution in [0.5, 0.6) is 0 Å². The number of carbonyl (C=O) groups excluding carboxylic acids is 2. The van der Waals surface area contributed by atoms with Gasteiger partial charge >= 0.3 is 5.97 Å². The third-order valence-electron chi connectivity index (χ3n) is 4.94. The van der Waals surface area contributed by atoms with Crippen molar-refractivity contribution in [3.8, 4) is 0 Å². The molecule has 0 aliphatic carbocycles. The second kappa shape index (κ2) is 10.1. The second-order valence-corrected chi connectivity index (χ2v) is 8.87. The van der Waals surface area contributed by atoms with E-state index >= 15 is 0 Å². The molecule has 160 valence electrons. The summed E-state index contributed by atoms with van der Waals surface area (Å²) in [4.78, 5) is 39.7. The van der Waals surface area contributed by atoms with E-state index in [1.165, 1.54) is 10.6 Å². The molecule has 1 aromatic heterocycles. The highest BCUT2D eigenvalue weighted by molar-refractivity contribution is 7.07. The summed E-state index contributed by atoms with van der Waals surface area (Å²) in [5.41, 5.74) is 0.507. The molecule has 30 heavy (non-hydrogen) atoms. The molecule has 1 atom stereocenters. The van der Waals surface area contributed by atoms with E-state index in [2.05, 4.69) is 6.92 Å². The van der Waals surface area contributed by atoms with Crippen molar-refractivity contribution in [2.24, 2.45) is 5.92 Å². The van der Waals surface area contributed by atoms with Crippen LogP contribution in [-0.4, -0.2) is 41.0 Å². The van der Waals surface area contributed by atoms with Crippen molar-refractivity contribution in [2.45, 2.75) is 33.2 Å². The van der Waals surface area contributed by atoms with Crippen LogP contribution < -0.4 is 14.8 Å². The van der Waals surface area contributed by atoms with Gasteiger partial charge in [0, 0.05) is 18.1 Å². The molecule has 1 aromatic carbocycles. The number of hydrogen-bond donors (Lipinski definition) is 0. The molecule has 3 rings (SSSR count). The van der Waals surface area contributed by atoms with Crippen LogP contribution >= 0.6 is 22.9 Å². The van der Waals surface area contributed by atoms with Crippen LogP contribution in [0.4, 0.5) is 0 Å². The molecule has 0 radical (unpaired) electrons. The number of likely N-dealkylation sites (tertiary alicyclic amines) is 1. The zero-order valence-corrected chi connectivity index (χ0v) is 18.7. The van der Waals surface area contributed by atoms with Gasteiger partial charge in [-0.2, -0.15) is 0 Å². The van der Waals surface area contributed by atoms with Gasteiger partial charge in [-0.05, 0) is 49.5 Å². The number of piperidine rings is 1. The van der Waals surface area contributed by atoms with Gasteiger partial charge in [0.05, 0.1) is 17.2 Å². The standard InChI is InChI=1S/C22H25ClN2O4S/c1-3-29-21(27)12-20-25(14-19(26)24-10-4-5-15(2)13-24)22(28)18(30-20)11-16-6-8-17(23)9-7-16/h6-9,11-12,15H,3-5,10,13-14H2,1-2H3. The Hall–Kier alpha value is -2.38. The zero-order valence-electron chi connectivity index (χ0n) is 17.1. The molecule has 8 heteroatoms. The first-order chi connectivity index (χ1) is 14.4. The third kappa shape index (κ3) is 5.61. The number of esters is 1. The van der Waals surface area contributed by atoms with E-state index in [1.807, 2.05) is 0 Å². The van der Waals surface area contributed by atoms with Gasteiger partial charge in [0.2, 0.25) is 5.91 Å². The Labute approximate surface area is 184 Å². The van der Waals surface area contributed by atoms with Gasteiger partial charge in [0.25, 0.3) is 5.56 Å². The monoisotopic (exact) mass is 448 g/mol. The lowest BCUT2D eigenvalue weighted by atomic mass is 10.0. The third-order valence-corrected chi connectivity index (χ3v) is 6.25. The van der Waals surface area contributed by atoms with Gasteiger partial charge in [0.1, 0.15) is 11.2 Å². The Bertz CT molecular complexity index is 1090. The second-order valence-electron chi connectivity index (χ2n) is 7.38. The van der Waals surface area contributed by atoms with E-state index < -0.39 is 5.97 Å². The molecule has 0 N–H and O–H groups in total. The van der Waals surface area contributed by atoms with E-state index in [0.717, 1.165) is 29.7 Å². The molecule has 1 saturated heterocycles. The summed E-state index contributed by atoms with van der Waals surface area (Å²) in [7, 11) is 0. The van der Waals surface area contributed by atoms with Gasteiger partial charge in [-0.25, -0.2) is 4.79 Å². The number of nitrogens with zero attached hydrogens (tertiary/aromatic N) is 2. The molecule has 0 saturated carbocycles. The highest BCUT2D eigenvalue weighted by Crippen LogP contribution is 2.15. The summed E-state index contributed by atoms with van der Waals surface area (Å²) in [5.74, 6) is -0.205. The van der Waals surface area contributed by atoms with Gasteiger partial charge in [-0.3, -0.25) is 14.2 Å². The molecule has 1 amide bonds. The normalized spacial score (nSPS) is 18.0. The van der Waals surface area contributed by atoms with Crippen molar-refractivity contribution >= 4 is 47.0 Å². The van der Waals surface area contributed by atoms with E-state index in [4.69, 9.17) is 16.3 Å². The first-order valence-electron chi connectivity index (χ1n) is 10.0. The largest absolute Gasteiger partial charge is 0.463 e. The van der Waals surface area contributed by atoms with Crippen molar-refractivity contribution in [3.63, 3.8) is 0 Å². The average Bonchev–Trinajstić information content (AvgIpc) is 2.98. The van der Waals surface area contributed by atoms with Crippen LogP contribution in [0.2, 0.25) is 5.02 Å². The van der Waals surface area contributed by atoms with Crippen LogP contribution in [0, 0.1) is 5.92 Å². The number of benzene rings is 1. The molecule has 0 spiro atoms. The van der Waals surface area contributed by atoms with Gasteiger partial charge in [-0.15, -0.1) is 11.3 Å². The molecule has 1 aliphatic heterocycles. The minimum Gasteiger partial charge on any atom is -0.463 e. The predicted molar refractivity (Wildman–Crippen MR) is 119 cm³/mol. The minimum absolute atomic E-state index is 0.0955. The topological polar surface area (TPSA) is 68.6 Å². The van der Waals surface area contributed by atoms with Gasteiger partial charge < -0.3 is 9.64 Å². The lowest BCUT2D eigenvalue weighted by Crippen LogP contribution is -2.44. The molecule has 2 aromatic rings. The average molecular weight is 449 g/mol. The molecular weight excluding hydrogens is 424 g/mol. The SMILES string of the molecule is CCOC(=O)C=c1sc(=Cc2ccc(Cl)cc2)c(=O)n1CC(=O)N1CCCC(C)C1. The van der Waals surface area contributed by atoms with Crippen LogP contribution in [0.15, 0.2) is 29.1 Å². The highest BCUT2D eigenvalue weighted by Gasteiger charge is 2.22. The summed E-state index contributed by atoms with van der Waals surface area (Å²) >= 11 is 7.09. The number of rotatable bonds is 5. The quantitative estimate of drug-likeness (QED) is 0.656. The number of hydrogen-bond acceptors (Lipinski definition) is 5. The molecule has 6 nitrogen and oxygen atoms in total. The van der Waals surface area contributed by atoms with Crippen LogP contribution in [0.25, 0.3) is 12.2 Å². The fourth-order valence-electron chi connectivity index (χ4n) is 3.44. The molecule has 1 fully saturated rings. The van der Waals surface area contributed by atoms with Crippen molar-refractivity contribution in [3.05, 3.63) is 54.4 Å². The molecule has 2 heterocycles. The summed E-state index contributed by atoms with van der Waals surface area (Å²) in [6.45, 7) is 5.37. The number of amides is 1. The van der Waals surface area contributed by atoms with Crippen molar-refractivity contribution < 1.29 is 14.3 Å². The van der Waals surface area contributed by atoms with Crippen LogP contribution in [0.1, 0.15) is 32.3 Å². The van der Waals surface area contributed by atoms with Crippen LogP contribution in [0.3, 0.4) is 0 Å². The van der Waals surface area contributed by atoms with E-state index in [1.54, 1.807) is 42.2 Å². The van der Waals surface area contributed by atoms with Gasteiger partial charge in [-0.1, -0.05) is 30.7 Å². The van der Waals surface area contributed by atoms with E-state index in [9.17, 15) is 14.4 Å². The Balaban J connectivity index is 2.00. The maximum absolute atomic E-state index is 13.1. The van der Waals surface area contributed by atoms with E-state index in [-0.39, 0.29) is 24.6 Å². The Morgan fingerprint density at radius 3 is 2.70 bits per heavy atom. The number of ether oxygens (including phenoxy) is 1. The summed E-state index contributed by atoms with van der Waals surface area (Å²) in [6.07, 6.45) is 5.07. The maximum atomic E-state index is 13.1. The predicted octanol–water partition coefficient (Wildman–Crippen LogP) is 1.99. The zero-order chi connectivity index (χ0) is 21.7. The number of thiazole rings is 1. The number of aromatic nitrogens is 1. The summed E-state index contributed by atoms with van der Waals surface area (Å²) in [5, 5.41) is 0.605. The summed E-state index contributed by atoms with van der Waals surface area (Å²) in [6, 6.07) is 7.10. The fraction of sp³-hybridized carbons (Fsp3) is 0.409. The Morgan fingerprint density at radius 2 is 2.03 bits per heavy atom. The van der Waals surface area contributed by atoms with Crippen molar-refractivity contribution in [1.82, 2.24) is 9.47 Å². The number of carbonyl (C=O) groups is 2. The van der Waals surface area contributed by atoms with E-state index in [0.29, 0.717) is 33.2 Å². The fourth-order valence-corrected chi connectivity index (χ4v) is 4.60. The van der Waals surface area contributed by atoms with Crippen LogP contribution in [-0.2, 0) is 20.9 Å². The Morgan fingerprint density at radius 1 is 1.30 bits per heavy atom. The molecular formula is C22H25ClN2O4S.